The van der Waals surface area contributed by atoms with Crippen molar-refractivity contribution in [2.45, 2.75) is 88.9 Å². The maximum Gasteiger partial charge on any atom is 0.425 e. The summed E-state index contributed by atoms with van der Waals surface area (Å²) in [5.41, 5.74) is -1.63. The van der Waals surface area contributed by atoms with Crippen molar-refractivity contribution in [3.63, 3.8) is 0 Å². The van der Waals surface area contributed by atoms with E-state index in [4.69, 9.17) is 9.47 Å². The van der Waals surface area contributed by atoms with Crippen LogP contribution in [0.1, 0.15) is 52.7 Å². The lowest BCUT2D eigenvalue weighted by Gasteiger charge is -2.31. The minimum Gasteiger partial charge on any atom is -0.483 e. The highest BCUT2D eigenvalue weighted by Crippen LogP contribution is 2.45. The Labute approximate surface area is 199 Å². The highest BCUT2D eigenvalue weighted by molar-refractivity contribution is 5.53. The minimum atomic E-state index is -5.95. The number of halogens is 12. The third-order valence-corrected chi connectivity index (χ3v) is 4.87. The smallest absolute Gasteiger partial charge is 0.425 e. The summed E-state index contributed by atoms with van der Waals surface area (Å²) in [5, 5.41) is 0. The molecule has 2 atom stereocenters. The van der Waals surface area contributed by atoms with Crippen LogP contribution in [0.5, 0.6) is 11.5 Å². The first-order valence-electron chi connectivity index (χ1n) is 10.3. The van der Waals surface area contributed by atoms with Crippen LogP contribution in [0.2, 0.25) is 0 Å². The molecule has 0 radical (unpaired) electrons. The predicted molar refractivity (Wildman–Crippen MR) is 107 cm³/mol. The summed E-state index contributed by atoms with van der Waals surface area (Å²) in [6, 6.07) is 2.29. The summed E-state index contributed by atoms with van der Waals surface area (Å²) in [6.45, 7) is 4.88. The highest BCUT2D eigenvalue weighted by Gasteiger charge is 2.58. The normalized spacial score (nSPS) is 16.1. The van der Waals surface area contributed by atoms with Crippen LogP contribution >= 0.6 is 0 Å². The monoisotopic (exact) mass is 550 g/mol. The van der Waals surface area contributed by atoms with Crippen LogP contribution in [0, 0.1) is 0 Å². The van der Waals surface area contributed by atoms with Gasteiger partial charge in [-0.15, -0.1) is 0 Å². The van der Waals surface area contributed by atoms with Crippen LogP contribution in [-0.4, -0.2) is 49.8 Å². The van der Waals surface area contributed by atoms with Gasteiger partial charge in [0.1, 0.15) is 0 Å². The molecular weight excluding hydrogens is 524 g/mol. The molecule has 210 valence electrons. The molecule has 0 aliphatic carbocycles. The lowest BCUT2D eigenvalue weighted by molar-refractivity contribution is -0.251. The average Bonchev–Trinajstić information content (AvgIpc) is 2.66. The molecule has 0 aliphatic rings. The molecule has 1 aromatic carbocycles. The molecule has 0 saturated carbocycles. The van der Waals surface area contributed by atoms with Crippen LogP contribution in [0.25, 0.3) is 0 Å². The number of hydrogen-bond acceptors (Lipinski definition) is 2. The fourth-order valence-corrected chi connectivity index (χ4v) is 2.82. The van der Waals surface area contributed by atoms with E-state index in [-0.39, 0.29) is 11.1 Å². The fourth-order valence-electron chi connectivity index (χ4n) is 2.82. The van der Waals surface area contributed by atoms with Gasteiger partial charge in [0.05, 0.1) is 0 Å². The van der Waals surface area contributed by atoms with Gasteiger partial charge in [-0.25, -0.2) is 8.78 Å². The second-order valence-electron chi connectivity index (χ2n) is 10.3. The van der Waals surface area contributed by atoms with Crippen molar-refractivity contribution in [1.29, 1.82) is 0 Å². The summed E-state index contributed by atoms with van der Waals surface area (Å²) in [4.78, 5) is 0. The van der Waals surface area contributed by atoms with Crippen molar-refractivity contribution >= 4 is 0 Å². The van der Waals surface area contributed by atoms with Gasteiger partial charge in [-0.2, -0.15) is 43.9 Å². The van der Waals surface area contributed by atoms with Crippen molar-refractivity contribution in [2.75, 3.05) is 13.2 Å². The number of benzene rings is 1. The SMILES string of the molecule is CC(C)(C)c1cc(OCC(F)(F)C(F)C(F)(F)F)c(OCC(F)(F)C(F)C(F)(F)F)c(C(C)(C)C)c1. The van der Waals surface area contributed by atoms with Crippen LogP contribution < -0.4 is 9.47 Å². The summed E-state index contributed by atoms with van der Waals surface area (Å²) in [7, 11) is 0. The van der Waals surface area contributed by atoms with E-state index in [0.717, 1.165) is 6.07 Å². The molecule has 2 nitrogen and oxygen atoms in total. The first kappa shape index (κ1) is 32.0. The number of alkyl halides is 12. The summed E-state index contributed by atoms with van der Waals surface area (Å²) in [5.74, 6) is -11.9. The van der Waals surface area contributed by atoms with Gasteiger partial charge < -0.3 is 9.47 Å². The van der Waals surface area contributed by atoms with E-state index in [0.29, 0.717) is 0 Å². The first-order chi connectivity index (χ1) is 15.7. The van der Waals surface area contributed by atoms with E-state index in [9.17, 15) is 52.7 Å². The lowest BCUT2D eigenvalue weighted by atomic mass is 9.80. The van der Waals surface area contributed by atoms with E-state index in [1.165, 1.54) is 26.8 Å². The maximum absolute atomic E-state index is 13.9. The molecule has 0 amide bonds. The van der Waals surface area contributed by atoms with E-state index >= 15 is 0 Å². The predicted octanol–water partition coefficient (Wildman–Crippen LogP) is 8.11. The van der Waals surface area contributed by atoms with Crippen LogP contribution in [0.3, 0.4) is 0 Å². The van der Waals surface area contributed by atoms with Crippen LogP contribution in [-0.2, 0) is 10.8 Å². The zero-order chi connectivity index (χ0) is 28.7. The molecule has 0 fully saturated rings. The number of rotatable bonds is 8. The zero-order valence-electron chi connectivity index (χ0n) is 20.1. The van der Waals surface area contributed by atoms with Gasteiger partial charge in [-0.3, -0.25) is 0 Å². The maximum atomic E-state index is 13.9. The molecule has 2 unspecified atom stereocenters. The summed E-state index contributed by atoms with van der Waals surface area (Å²) in [6.07, 6.45) is -21.2. The molecule has 0 aliphatic heterocycles. The van der Waals surface area contributed by atoms with E-state index in [1.54, 1.807) is 20.8 Å². The molecule has 36 heavy (non-hydrogen) atoms. The second-order valence-corrected chi connectivity index (χ2v) is 10.3. The van der Waals surface area contributed by atoms with Gasteiger partial charge >= 0.3 is 24.2 Å². The quantitative estimate of drug-likeness (QED) is 0.305. The Balaban J connectivity index is 3.60. The lowest BCUT2D eigenvalue weighted by Crippen LogP contribution is -2.46. The van der Waals surface area contributed by atoms with Crippen molar-refractivity contribution < 1.29 is 62.2 Å². The average molecular weight is 550 g/mol. The second kappa shape index (κ2) is 10.0. The summed E-state index contributed by atoms with van der Waals surface area (Å²) >= 11 is 0. The van der Waals surface area contributed by atoms with Gasteiger partial charge in [0.2, 0.25) is 0 Å². The van der Waals surface area contributed by atoms with Gasteiger partial charge in [0, 0.05) is 5.56 Å². The first-order valence-corrected chi connectivity index (χ1v) is 10.3. The topological polar surface area (TPSA) is 18.5 Å². The molecular formula is C22H26F12O2. The van der Waals surface area contributed by atoms with Crippen molar-refractivity contribution in [1.82, 2.24) is 0 Å². The van der Waals surface area contributed by atoms with Crippen LogP contribution in [0.15, 0.2) is 12.1 Å². The van der Waals surface area contributed by atoms with E-state index < -0.39 is 72.1 Å². The zero-order valence-corrected chi connectivity index (χ0v) is 20.1. The Morgan fingerprint density at radius 2 is 1.00 bits per heavy atom. The standard InChI is InChI=1S/C22H26F12O2/c1-17(2,3)11-7-12(18(4,5)6)14(36-10-20(27,28)16(24)22(32,33)34)13(8-11)35-9-19(25,26)15(23)21(29,30)31/h7-8,15-16H,9-10H2,1-6H3. The van der Waals surface area contributed by atoms with Gasteiger partial charge in [0.15, 0.2) is 24.7 Å². The van der Waals surface area contributed by atoms with E-state index in [1.807, 2.05) is 0 Å². The Bertz CT molecular complexity index is 892. The molecule has 14 heteroatoms. The van der Waals surface area contributed by atoms with Crippen molar-refractivity contribution in [3.8, 4) is 11.5 Å². The Morgan fingerprint density at radius 3 is 1.33 bits per heavy atom. The third kappa shape index (κ3) is 7.99. The molecule has 0 N–H and O–H groups in total. The van der Waals surface area contributed by atoms with Crippen LogP contribution in [0.4, 0.5) is 52.7 Å². The Kier molecular flexibility index (Phi) is 8.92. The largest absolute Gasteiger partial charge is 0.483 e. The highest BCUT2D eigenvalue weighted by atomic mass is 19.4. The fraction of sp³-hybridized carbons (Fsp3) is 0.727. The minimum absolute atomic E-state index is 0.0703. The molecule has 0 heterocycles. The number of hydrogen-bond donors (Lipinski definition) is 0. The van der Waals surface area contributed by atoms with Crippen molar-refractivity contribution in [3.05, 3.63) is 23.3 Å². The van der Waals surface area contributed by atoms with Gasteiger partial charge in [-0.1, -0.05) is 47.6 Å². The summed E-state index contributed by atoms with van der Waals surface area (Å²) < 4.78 is 166. The van der Waals surface area contributed by atoms with Gasteiger partial charge in [0.25, 0.3) is 12.3 Å². The Morgan fingerprint density at radius 1 is 0.611 bits per heavy atom. The van der Waals surface area contributed by atoms with Crippen molar-refractivity contribution in [2.24, 2.45) is 0 Å². The Hall–Kier alpha value is -2.02. The third-order valence-electron chi connectivity index (χ3n) is 4.87. The number of ether oxygens (including phenoxy) is 2. The van der Waals surface area contributed by atoms with E-state index in [2.05, 4.69) is 0 Å². The molecule has 0 saturated heterocycles. The molecule has 1 aromatic rings. The molecule has 0 spiro atoms. The van der Waals surface area contributed by atoms with Gasteiger partial charge in [-0.05, 0) is 22.5 Å². The molecule has 1 rings (SSSR count). The molecule has 0 aromatic heterocycles. The molecule has 0 bridgehead atoms.